The number of carbonyl (C=O) groups is 1. The zero-order valence-electron chi connectivity index (χ0n) is 11.3. The summed E-state index contributed by atoms with van der Waals surface area (Å²) in [4.78, 5) is 18.4. The van der Waals surface area contributed by atoms with Gasteiger partial charge in [0.1, 0.15) is 11.9 Å². The Bertz CT molecular complexity index is 438. The second kappa shape index (κ2) is 6.49. The molecule has 6 nitrogen and oxygen atoms in total. The number of pyridine rings is 1. The van der Waals surface area contributed by atoms with Gasteiger partial charge in [-0.05, 0) is 12.1 Å². The highest BCUT2D eigenvalue weighted by Crippen LogP contribution is 2.13. The predicted molar refractivity (Wildman–Crippen MR) is 72.9 cm³/mol. The minimum absolute atomic E-state index is 0.00975. The molecule has 6 heteroatoms. The molecule has 0 saturated carbocycles. The van der Waals surface area contributed by atoms with Gasteiger partial charge in [-0.2, -0.15) is 0 Å². The lowest BCUT2D eigenvalue weighted by atomic mass is 10.2. The number of hydrogen-bond donors (Lipinski definition) is 2. The van der Waals surface area contributed by atoms with Crippen LogP contribution in [0.1, 0.15) is 5.69 Å². The number of nitrogens with zero attached hydrogens (tertiary/aromatic N) is 2. The molecule has 104 valence electrons. The lowest BCUT2D eigenvalue weighted by molar-refractivity contribution is -0.132. The van der Waals surface area contributed by atoms with E-state index >= 15 is 0 Å². The first-order chi connectivity index (χ1) is 9.24. The van der Waals surface area contributed by atoms with Gasteiger partial charge < -0.3 is 15.4 Å². The lowest BCUT2D eigenvalue weighted by Gasteiger charge is -2.33. The molecule has 0 aliphatic carbocycles. The van der Waals surface area contributed by atoms with Gasteiger partial charge in [-0.1, -0.05) is 6.07 Å². The summed E-state index contributed by atoms with van der Waals surface area (Å²) in [7, 11) is 3.49. The Labute approximate surface area is 113 Å². The van der Waals surface area contributed by atoms with Gasteiger partial charge >= 0.3 is 0 Å². The quantitative estimate of drug-likeness (QED) is 0.805. The standard InChI is InChI=1S/C13H20N4O2/c1-14-12-5-3-4-10(16-12)8-17-6-7-19-9-11(17)13(18)15-2/h3-5,11H,6-9H2,1-2H3,(H,14,16)(H,15,18). The van der Waals surface area contributed by atoms with Crippen LogP contribution in [0.3, 0.4) is 0 Å². The van der Waals surface area contributed by atoms with Gasteiger partial charge in [0.2, 0.25) is 5.91 Å². The Morgan fingerprint density at radius 2 is 2.37 bits per heavy atom. The predicted octanol–water partition coefficient (Wildman–Crippen LogP) is 0.0701. The molecule has 1 fully saturated rings. The molecular weight excluding hydrogens is 244 g/mol. The van der Waals surface area contributed by atoms with Crippen molar-refractivity contribution in [2.24, 2.45) is 0 Å². The second-order valence-electron chi connectivity index (χ2n) is 4.44. The number of carbonyl (C=O) groups excluding carboxylic acids is 1. The first-order valence-electron chi connectivity index (χ1n) is 6.41. The number of rotatable bonds is 4. The van der Waals surface area contributed by atoms with Crippen molar-refractivity contribution in [3.8, 4) is 0 Å². The molecule has 1 aliphatic rings. The molecule has 0 radical (unpaired) electrons. The first kappa shape index (κ1) is 13.8. The van der Waals surface area contributed by atoms with E-state index in [9.17, 15) is 4.79 Å². The van der Waals surface area contributed by atoms with Gasteiger partial charge in [0.05, 0.1) is 18.9 Å². The van der Waals surface area contributed by atoms with Crippen molar-refractivity contribution in [2.75, 3.05) is 39.2 Å². The molecule has 19 heavy (non-hydrogen) atoms. The molecule has 2 heterocycles. The van der Waals surface area contributed by atoms with Crippen LogP contribution in [-0.2, 0) is 16.1 Å². The molecule has 1 aliphatic heterocycles. The fourth-order valence-electron chi connectivity index (χ4n) is 2.15. The van der Waals surface area contributed by atoms with Gasteiger partial charge in [-0.15, -0.1) is 0 Å². The van der Waals surface area contributed by atoms with E-state index in [1.54, 1.807) is 7.05 Å². The average Bonchev–Trinajstić information content (AvgIpc) is 2.47. The maximum absolute atomic E-state index is 11.8. The normalized spacial score (nSPS) is 20.0. The number of aromatic nitrogens is 1. The van der Waals surface area contributed by atoms with E-state index in [0.717, 1.165) is 18.1 Å². The molecule has 0 spiro atoms. The molecule has 1 unspecified atom stereocenters. The maximum Gasteiger partial charge on any atom is 0.239 e. The molecule has 2 N–H and O–H groups in total. The molecule has 0 bridgehead atoms. The van der Waals surface area contributed by atoms with Crippen LogP contribution < -0.4 is 10.6 Å². The van der Waals surface area contributed by atoms with Gasteiger partial charge in [-0.25, -0.2) is 4.98 Å². The van der Waals surface area contributed by atoms with Crippen LogP contribution in [0.4, 0.5) is 5.82 Å². The second-order valence-corrected chi connectivity index (χ2v) is 4.44. The topological polar surface area (TPSA) is 66.5 Å². The van der Waals surface area contributed by atoms with Gasteiger partial charge in [-0.3, -0.25) is 9.69 Å². The molecule has 1 atom stereocenters. The van der Waals surface area contributed by atoms with Gasteiger partial charge in [0.25, 0.3) is 0 Å². The van der Waals surface area contributed by atoms with Crippen molar-refractivity contribution in [3.63, 3.8) is 0 Å². The molecule has 1 amide bonds. The van der Waals surface area contributed by atoms with Crippen LogP contribution >= 0.6 is 0 Å². The van der Waals surface area contributed by atoms with Gasteiger partial charge in [0, 0.05) is 27.2 Å². The number of likely N-dealkylation sites (N-methyl/N-ethyl adjacent to an activating group) is 1. The third-order valence-corrected chi connectivity index (χ3v) is 3.22. The summed E-state index contributed by atoms with van der Waals surface area (Å²) in [6.07, 6.45) is 0. The van der Waals surface area contributed by atoms with Gasteiger partial charge in [0.15, 0.2) is 0 Å². The lowest BCUT2D eigenvalue weighted by Crippen LogP contribution is -2.52. The number of nitrogens with one attached hydrogen (secondary N) is 2. The third kappa shape index (κ3) is 3.42. The van der Waals surface area contributed by atoms with E-state index in [1.807, 2.05) is 25.2 Å². The Balaban J connectivity index is 2.08. The number of ether oxygens (including phenoxy) is 1. The Hall–Kier alpha value is -1.66. The summed E-state index contributed by atoms with van der Waals surface area (Å²) in [5, 5.41) is 5.70. The van der Waals surface area contributed by atoms with Crippen LogP contribution in [0.5, 0.6) is 0 Å². The SMILES string of the molecule is CNC(=O)C1COCCN1Cc1cccc(NC)n1. The maximum atomic E-state index is 11.8. The van der Waals surface area contributed by atoms with Crippen LogP contribution in [0, 0.1) is 0 Å². The number of anilines is 1. The Morgan fingerprint density at radius 1 is 1.53 bits per heavy atom. The summed E-state index contributed by atoms with van der Waals surface area (Å²) in [6.45, 7) is 2.48. The molecule has 1 aromatic heterocycles. The minimum atomic E-state index is -0.237. The first-order valence-corrected chi connectivity index (χ1v) is 6.41. The van der Waals surface area contributed by atoms with Crippen molar-refractivity contribution in [2.45, 2.75) is 12.6 Å². The average molecular weight is 264 g/mol. The largest absolute Gasteiger partial charge is 0.378 e. The number of hydrogen-bond acceptors (Lipinski definition) is 5. The van der Waals surface area contributed by atoms with E-state index in [2.05, 4.69) is 20.5 Å². The number of morpholine rings is 1. The third-order valence-electron chi connectivity index (χ3n) is 3.22. The zero-order chi connectivity index (χ0) is 13.7. The summed E-state index contributed by atoms with van der Waals surface area (Å²) < 4.78 is 5.38. The van der Waals surface area contributed by atoms with E-state index < -0.39 is 0 Å². The zero-order valence-corrected chi connectivity index (χ0v) is 11.3. The van der Waals surface area contributed by atoms with E-state index in [-0.39, 0.29) is 11.9 Å². The van der Waals surface area contributed by atoms with Crippen molar-refractivity contribution >= 4 is 11.7 Å². The summed E-state index contributed by atoms with van der Waals surface area (Å²) >= 11 is 0. The van der Waals surface area contributed by atoms with E-state index in [1.165, 1.54) is 0 Å². The van der Waals surface area contributed by atoms with Crippen LogP contribution in [0.15, 0.2) is 18.2 Å². The fraction of sp³-hybridized carbons (Fsp3) is 0.538. The fourth-order valence-corrected chi connectivity index (χ4v) is 2.15. The Kier molecular flexibility index (Phi) is 4.70. The smallest absolute Gasteiger partial charge is 0.239 e. The van der Waals surface area contributed by atoms with Crippen LogP contribution in [0.25, 0.3) is 0 Å². The highest BCUT2D eigenvalue weighted by molar-refractivity contribution is 5.81. The summed E-state index contributed by atoms with van der Waals surface area (Å²) in [5.74, 6) is 0.826. The molecular formula is C13H20N4O2. The van der Waals surface area contributed by atoms with Crippen molar-refractivity contribution in [3.05, 3.63) is 23.9 Å². The van der Waals surface area contributed by atoms with Crippen molar-refractivity contribution in [1.82, 2.24) is 15.2 Å². The van der Waals surface area contributed by atoms with Crippen LogP contribution in [-0.4, -0.2) is 55.7 Å². The molecule has 0 aromatic carbocycles. The van der Waals surface area contributed by atoms with Crippen LogP contribution in [0.2, 0.25) is 0 Å². The Morgan fingerprint density at radius 3 is 3.11 bits per heavy atom. The van der Waals surface area contributed by atoms with Crippen molar-refractivity contribution in [1.29, 1.82) is 0 Å². The summed E-state index contributed by atoms with van der Waals surface area (Å²) in [6, 6.07) is 5.61. The summed E-state index contributed by atoms with van der Waals surface area (Å²) in [5.41, 5.74) is 0.947. The highest BCUT2D eigenvalue weighted by Gasteiger charge is 2.28. The van der Waals surface area contributed by atoms with Crippen molar-refractivity contribution < 1.29 is 9.53 Å². The molecule has 1 saturated heterocycles. The minimum Gasteiger partial charge on any atom is -0.378 e. The monoisotopic (exact) mass is 264 g/mol. The van der Waals surface area contributed by atoms with E-state index in [0.29, 0.717) is 19.8 Å². The van der Waals surface area contributed by atoms with E-state index in [4.69, 9.17) is 4.74 Å². The highest BCUT2D eigenvalue weighted by atomic mass is 16.5. The number of amides is 1. The molecule has 2 rings (SSSR count). The molecule has 1 aromatic rings.